The SMILES string of the molecule is CCCCN(CCO)C(=O)c1ccc(COc2ccc3ccccc3c2)o1. The van der Waals surface area contributed by atoms with Crippen LogP contribution in [0.4, 0.5) is 0 Å². The fraction of sp³-hybridized carbons (Fsp3) is 0.318. The van der Waals surface area contributed by atoms with Crippen molar-refractivity contribution in [3.05, 3.63) is 66.1 Å². The van der Waals surface area contributed by atoms with Crippen LogP contribution >= 0.6 is 0 Å². The maximum absolute atomic E-state index is 12.6. The average Bonchev–Trinajstić information content (AvgIpc) is 3.18. The predicted octanol–water partition coefficient (Wildman–Crippen LogP) is 4.25. The van der Waals surface area contributed by atoms with Crippen molar-refractivity contribution >= 4 is 16.7 Å². The molecule has 5 heteroatoms. The number of amides is 1. The molecule has 3 aromatic rings. The summed E-state index contributed by atoms with van der Waals surface area (Å²) in [5.74, 6) is 1.42. The van der Waals surface area contributed by atoms with Gasteiger partial charge in [0, 0.05) is 13.1 Å². The van der Waals surface area contributed by atoms with E-state index in [9.17, 15) is 9.90 Å². The lowest BCUT2D eigenvalue weighted by Gasteiger charge is -2.20. The summed E-state index contributed by atoms with van der Waals surface area (Å²) in [6, 6.07) is 17.4. The Morgan fingerprint density at radius 3 is 2.67 bits per heavy atom. The summed E-state index contributed by atoms with van der Waals surface area (Å²) in [4.78, 5) is 14.2. The number of furan rings is 1. The molecule has 0 unspecified atom stereocenters. The summed E-state index contributed by atoms with van der Waals surface area (Å²) in [7, 11) is 0. The lowest BCUT2D eigenvalue weighted by molar-refractivity contribution is 0.0683. The van der Waals surface area contributed by atoms with Crippen molar-refractivity contribution < 1.29 is 19.1 Å². The van der Waals surface area contributed by atoms with Crippen LogP contribution < -0.4 is 4.74 Å². The van der Waals surface area contributed by atoms with Gasteiger partial charge in [0.25, 0.3) is 5.91 Å². The van der Waals surface area contributed by atoms with Crippen LogP contribution in [0.25, 0.3) is 10.8 Å². The summed E-state index contributed by atoms with van der Waals surface area (Å²) in [5, 5.41) is 11.4. The summed E-state index contributed by atoms with van der Waals surface area (Å²) < 4.78 is 11.5. The highest BCUT2D eigenvalue weighted by Gasteiger charge is 2.18. The molecule has 0 radical (unpaired) electrons. The van der Waals surface area contributed by atoms with E-state index in [-0.39, 0.29) is 24.9 Å². The number of hydrogen-bond donors (Lipinski definition) is 1. The largest absolute Gasteiger partial charge is 0.486 e. The normalized spacial score (nSPS) is 10.9. The van der Waals surface area contributed by atoms with E-state index in [4.69, 9.17) is 9.15 Å². The second kappa shape index (κ2) is 9.24. The molecule has 3 rings (SSSR count). The summed E-state index contributed by atoms with van der Waals surface area (Å²) in [6.07, 6.45) is 1.88. The molecule has 1 heterocycles. The zero-order valence-corrected chi connectivity index (χ0v) is 15.6. The quantitative estimate of drug-likeness (QED) is 0.614. The molecule has 0 bridgehead atoms. The molecular formula is C22H25NO4. The van der Waals surface area contributed by atoms with E-state index < -0.39 is 0 Å². The Kier molecular flexibility index (Phi) is 6.49. The van der Waals surface area contributed by atoms with Gasteiger partial charge in [0.15, 0.2) is 5.76 Å². The Morgan fingerprint density at radius 2 is 1.89 bits per heavy atom. The zero-order chi connectivity index (χ0) is 19.1. The third-order valence-electron chi connectivity index (χ3n) is 4.41. The van der Waals surface area contributed by atoms with Gasteiger partial charge in [-0.15, -0.1) is 0 Å². The van der Waals surface area contributed by atoms with E-state index in [1.807, 2.05) is 36.4 Å². The highest BCUT2D eigenvalue weighted by molar-refractivity contribution is 5.91. The van der Waals surface area contributed by atoms with Crippen LogP contribution in [-0.2, 0) is 6.61 Å². The van der Waals surface area contributed by atoms with Crippen LogP contribution in [-0.4, -0.2) is 35.6 Å². The molecule has 2 aromatic carbocycles. The molecule has 142 valence electrons. The van der Waals surface area contributed by atoms with Crippen LogP contribution in [0.5, 0.6) is 5.75 Å². The van der Waals surface area contributed by atoms with E-state index in [0.717, 1.165) is 29.4 Å². The fourth-order valence-electron chi connectivity index (χ4n) is 2.92. The first kappa shape index (κ1) is 19.0. The van der Waals surface area contributed by atoms with Crippen molar-refractivity contribution in [2.24, 2.45) is 0 Å². The van der Waals surface area contributed by atoms with Crippen LogP contribution in [0.1, 0.15) is 36.1 Å². The van der Waals surface area contributed by atoms with Gasteiger partial charge in [-0.05, 0) is 41.5 Å². The molecule has 27 heavy (non-hydrogen) atoms. The van der Waals surface area contributed by atoms with Crippen molar-refractivity contribution in [1.82, 2.24) is 4.90 Å². The van der Waals surface area contributed by atoms with Gasteiger partial charge in [0.2, 0.25) is 0 Å². The Bertz CT molecular complexity index is 887. The molecular weight excluding hydrogens is 342 g/mol. The maximum atomic E-state index is 12.6. The number of carbonyl (C=O) groups is 1. The Labute approximate surface area is 159 Å². The van der Waals surface area contributed by atoms with Gasteiger partial charge in [0.05, 0.1) is 6.61 Å². The molecule has 1 N–H and O–H groups in total. The average molecular weight is 367 g/mol. The highest BCUT2D eigenvalue weighted by Crippen LogP contribution is 2.22. The first-order valence-electron chi connectivity index (χ1n) is 9.31. The van der Waals surface area contributed by atoms with Gasteiger partial charge in [-0.3, -0.25) is 4.79 Å². The van der Waals surface area contributed by atoms with Gasteiger partial charge >= 0.3 is 0 Å². The topological polar surface area (TPSA) is 62.9 Å². The van der Waals surface area contributed by atoms with E-state index in [0.29, 0.717) is 18.8 Å². The molecule has 0 aliphatic rings. The number of nitrogens with zero attached hydrogens (tertiary/aromatic N) is 1. The minimum Gasteiger partial charge on any atom is -0.486 e. The fourth-order valence-corrected chi connectivity index (χ4v) is 2.92. The van der Waals surface area contributed by atoms with E-state index in [1.165, 1.54) is 0 Å². The van der Waals surface area contributed by atoms with Crippen molar-refractivity contribution in [2.75, 3.05) is 19.7 Å². The number of aliphatic hydroxyl groups is 1. The molecule has 0 fully saturated rings. The molecule has 0 spiro atoms. The third-order valence-corrected chi connectivity index (χ3v) is 4.41. The molecule has 0 saturated heterocycles. The highest BCUT2D eigenvalue weighted by atomic mass is 16.5. The van der Waals surface area contributed by atoms with E-state index in [2.05, 4.69) is 13.0 Å². The molecule has 5 nitrogen and oxygen atoms in total. The minimum absolute atomic E-state index is 0.0614. The molecule has 0 atom stereocenters. The van der Waals surface area contributed by atoms with Crippen LogP contribution in [0, 0.1) is 0 Å². The first-order valence-corrected chi connectivity index (χ1v) is 9.31. The number of carbonyl (C=O) groups excluding carboxylic acids is 1. The van der Waals surface area contributed by atoms with Crippen LogP contribution in [0.15, 0.2) is 59.0 Å². The molecule has 1 amide bonds. The van der Waals surface area contributed by atoms with Gasteiger partial charge in [0.1, 0.15) is 18.1 Å². The zero-order valence-electron chi connectivity index (χ0n) is 15.6. The van der Waals surface area contributed by atoms with Crippen LogP contribution in [0.3, 0.4) is 0 Å². The number of rotatable bonds is 9. The maximum Gasteiger partial charge on any atom is 0.289 e. The van der Waals surface area contributed by atoms with Crippen LogP contribution in [0.2, 0.25) is 0 Å². The number of ether oxygens (including phenoxy) is 1. The lowest BCUT2D eigenvalue weighted by atomic mass is 10.1. The monoisotopic (exact) mass is 367 g/mol. The van der Waals surface area contributed by atoms with E-state index in [1.54, 1.807) is 17.0 Å². The van der Waals surface area contributed by atoms with Gasteiger partial charge in [-0.2, -0.15) is 0 Å². The second-order valence-electron chi connectivity index (χ2n) is 6.43. The van der Waals surface area contributed by atoms with Crippen molar-refractivity contribution in [1.29, 1.82) is 0 Å². The minimum atomic E-state index is -0.200. The second-order valence-corrected chi connectivity index (χ2v) is 6.43. The van der Waals surface area contributed by atoms with Crippen molar-refractivity contribution in [3.8, 4) is 5.75 Å². The Hall–Kier alpha value is -2.79. The summed E-state index contributed by atoms with van der Waals surface area (Å²) >= 11 is 0. The van der Waals surface area contributed by atoms with E-state index >= 15 is 0 Å². The first-order chi connectivity index (χ1) is 13.2. The molecule has 0 aliphatic heterocycles. The number of aliphatic hydroxyl groups excluding tert-OH is 1. The lowest BCUT2D eigenvalue weighted by Crippen LogP contribution is -2.34. The number of hydrogen-bond acceptors (Lipinski definition) is 4. The van der Waals surface area contributed by atoms with Gasteiger partial charge in [-0.1, -0.05) is 43.7 Å². The standard InChI is InChI=1S/C22H25NO4/c1-2-3-12-23(13-14-24)22(25)21-11-10-20(27-21)16-26-19-9-8-17-6-4-5-7-18(17)15-19/h4-11,15,24H,2-3,12-14,16H2,1H3. The summed E-state index contributed by atoms with van der Waals surface area (Å²) in [6.45, 7) is 3.17. The molecule has 0 saturated carbocycles. The third kappa shape index (κ3) is 4.89. The number of fused-ring (bicyclic) bond motifs is 1. The molecule has 1 aromatic heterocycles. The Balaban J connectivity index is 1.63. The predicted molar refractivity (Wildman–Crippen MR) is 105 cm³/mol. The summed E-state index contributed by atoms with van der Waals surface area (Å²) in [5.41, 5.74) is 0. The van der Waals surface area contributed by atoms with Gasteiger partial charge < -0.3 is 19.2 Å². The number of unbranched alkanes of at least 4 members (excludes halogenated alkanes) is 1. The Morgan fingerprint density at radius 1 is 1.07 bits per heavy atom. The smallest absolute Gasteiger partial charge is 0.289 e. The van der Waals surface area contributed by atoms with Crippen molar-refractivity contribution in [3.63, 3.8) is 0 Å². The van der Waals surface area contributed by atoms with Gasteiger partial charge in [-0.25, -0.2) is 0 Å². The molecule has 0 aliphatic carbocycles. The number of benzene rings is 2. The van der Waals surface area contributed by atoms with Crippen molar-refractivity contribution in [2.45, 2.75) is 26.4 Å².